The van der Waals surface area contributed by atoms with Gasteiger partial charge in [-0.15, -0.1) is 0 Å². The molecule has 74 valence electrons. The monoisotopic (exact) mass is 201 g/mol. The Kier molecular flexibility index (Phi) is 2.63. The highest BCUT2D eigenvalue weighted by molar-refractivity contribution is 7.93. The molecule has 0 radical (unpaired) electrons. The van der Waals surface area contributed by atoms with Crippen LogP contribution >= 0.6 is 0 Å². The molecule has 0 saturated heterocycles. The Labute approximate surface area is 79.4 Å². The van der Waals surface area contributed by atoms with Gasteiger partial charge in [0.1, 0.15) is 0 Å². The van der Waals surface area contributed by atoms with Gasteiger partial charge in [-0.3, -0.25) is 0 Å². The second-order valence-electron chi connectivity index (χ2n) is 3.74. The SMILES string of the molecule is CC1=C(S(N)(=O)=O)C=C(C(C)C)C1. The Bertz CT molecular complexity index is 374. The van der Waals surface area contributed by atoms with E-state index in [0.29, 0.717) is 10.8 Å². The molecule has 1 aliphatic rings. The smallest absolute Gasteiger partial charge is 0.225 e. The van der Waals surface area contributed by atoms with Gasteiger partial charge < -0.3 is 0 Å². The molecule has 0 atom stereocenters. The van der Waals surface area contributed by atoms with Crippen LogP contribution in [0.4, 0.5) is 0 Å². The Hall–Kier alpha value is -0.610. The second kappa shape index (κ2) is 3.27. The van der Waals surface area contributed by atoms with Gasteiger partial charge in [-0.25, -0.2) is 13.6 Å². The first kappa shape index (κ1) is 10.5. The Morgan fingerprint density at radius 3 is 2.23 bits per heavy atom. The van der Waals surface area contributed by atoms with Gasteiger partial charge in [-0.05, 0) is 30.9 Å². The van der Waals surface area contributed by atoms with Gasteiger partial charge in [0.05, 0.1) is 4.91 Å². The van der Waals surface area contributed by atoms with Crippen LogP contribution in [0, 0.1) is 5.92 Å². The third kappa shape index (κ3) is 2.19. The van der Waals surface area contributed by atoms with Gasteiger partial charge in [0.2, 0.25) is 10.0 Å². The molecular weight excluding hydrogens is 186 g/mol. The maximum absolute atomic E-state index is 11.1. The third-order valence-corrected chi connectivity index (χ3v) is 3.33. The number of allylic oxidation sites excluding steroid dienone is 3. The van der Waals surface area contributed by atoms with Crippen molar-refractivity contribution in [3.05, 3.63) is 22.1 Å². The summed E-state index contributed by atoms with van der Waals surface area (Å²) in [5, 5.41) is 5.06. The molecule has 0 aliphatic heterocycles. The molecule has 2 N–H and O–H groups in total. The fraction of sp³-hybridized carbons (Fsp3) is 0.556. The molecule has 0 aromatic rings. The van der Waals surface area contributed by atoms with Crippen LogP contribution in [0.5, 0.6) is 0 Å². The molecule has 0 unspecified atom stereocenters. The average Bonchev–Trinajstić information content (AvgIpc) is 2.29. The van der Waals surface area contributed by atoms with Crippen LogP contribution < -0.4 is 5.14 Å². The van der Waals surface area contributed by atoms with Gasteiger partial charge in [-0.2, -0.15) is 0 Å². The molecule has 1 rings (SSSR count). The highest BCUT2D eigenvalue weighted by atomic mass is 32.2. The van der Waals surface area contributed by atoms with Crippen molar-refractivity contribution in [2.75, 3.05) is 0 Å². The lowest BCUT2D eigenvalue weighted by Crippen LogP contribution is -2.13. The summed E-state index contributed by atoms with van der Waals surface area (Å²) in [5.41, 5.74) is 1.99. The summed E-state index contributed by atoms with van der Waals surface area (Å²) >= 11 is 0. The van der Waals surface area contributed by atoms with Crippen LogP contribution in [-0.4, -0.2) is 8.42 Å². The number of sulfonamides is 1. The third-order valence-electron chi connectivity index (χ3n) is 2.25. The van der Waals surface area contributed by atoms with E-state index in [9.17, 15) is 8.42 Å². The number of hydrogen-bond acceptors (Lipinski definition) is 2. The zero-order valence-electron chi connectivity index (χ0n) is 8.16. The van der Waals surface area contributed by atoms with E-state index in [1.807, 2.05) is 20.8 Å². The van der Waals surface area contributed by atoms with E-state index in [1.165, 1.54) is 0 Å². The molecule has 0 spiro atoms. The molecule has 0 aromatic heterocycles. The summed E-state index contributed by atoms with van der Waals surface area (Å²) < 4.78 is 22.2. The maximum Gasteiger partial charge on any atom is 0.238 e. The van der Waals surface area contributed by atoms with Crippen molar-refractivity contribution < 1.29 is 8.42 Å². The second-order valence-corrected chi connectivity index (χ2v) is 5.27. The summed E-state index contributed by atoms with van der Waals surface area (Å²) in [7, 11) is -3.51. The van der Waals surface area contributed by atoms with Crippen LogP contribution in [0.25, 0.3) is 0 Å². The molecular formula is C9H15NO2S. The van der Waals surface area contributed by atoms with Gasteiger partial charge in [0.25, 0.3) is 0 Å². The minimum atomic E-state index is -3.51. The van der Waals surface area contributed by atoms with Crippen molar-refractivity contribution in [1.29, 1.82) is 0 Å². The molecule has 0 amide bonds. The summed E-state index contributed by atoms with van der Waals surface area (Å²) in [5.74, 6) is 0.384. The molecule has 0 fully saturated rings. The number of hydrogen-bond donors (Lipinski definition) is 1. The van der Waals surface area contributed by atoms with Crippen molar-refractivity contribution in [2.45, 2.75) is 27.2 Å². The zero-order valence-corrected chi connectivity index (χ0v) is 8.98. The standard InChI is InChI=1S/C9H15NO2S/c1-6(2)8-4-7(3)9(5-8)13(10,11)12/h5-6H,4H2,1-3H3,(H2,10,11,12). The summed E-state index contributed by atoms with van der Waals surface area (Å²) in [6.45, 7) is 5.90. The highest BCUT2D eigenvalue weighted by Crippen LogP contribution is 2.31. The molecule has 0 heterocycles. The number of nitrogens with two attached hydrogens (primary N) is 1. The molecule has 4 heteroatoms. The number of primary sulfonamides is 1. The van der Waals surface area contributed by atoms with E-state index in [0.717, 1.165) is 17.6 Å². The van der Waals surface area contributed by atoms with Gasteiger partial charge in [0, 0.05) is 0 Å². The Morgan fingerprint density at radius 2 is 2.00 bits per heavy atom. The van der Waals surface area contributed by atoms with E-state index in [2.05, 4.69) is 0 Å². The van der Waals surface area contributed by atoms with Crippen molar-refractivity contribution in [2.24, 2.45) is 11.1 Å². The van der Waals surface area contributed by atoms with Gasteiger partial charge in [0.15, 0.2) is 0 Å². The Balaban J connectivity index is 3.06. The normalized spacial score (nSPS) is 18.4. The van der Waals surface area contributed by atoms with Crippen LogP contribution in [0.2, 0.25) is 0 Å². The number of rotatable bonds is 2. The van der Waals surface area contributed by atoms with E-state index >= 15 is 0 Å². The van der Waals surface area contributed by atoms with Gasteiger partial charge in [-0.1, -0.05) is 19.4 Å². The van der Waals surface area contributed by atoms with E-state index in [-0.39, 0.29) is 0 Å². The lowest BCUT2D eigenvalue weighted by Gasteiger charge is -2.04. The fourth-order valence-electron chi connectivity index (χ4n) is 1.43. The van der Waals surface area contributed by atoms with Gasteiger partial charge >= 0.3 is 0 Å². The van der Waals surface area contributed by atoms with E-state index < -0.39 is 10.0 Å². The summed E-state index contributed by atoms with van der Waals surface area (Å²) in [4.78, 5) is 0.302. The predicted octanol–water partition coefficient (Wildman–Crippen LogP) is 1.54. The minimum Gasteiger partial charge on any atom is -0.225 e. The molecule has 0 bridgehead atoms. The average molecular weight is 201 g/mol. The van der Waals surface area contributed by atoms with Crippen LogP contribution in [0.1, 0.15) is 27.2 Å². The van der Waals surface area contributed by atoms with Crippen molar-refractivity contribution in [3.63, 3.8) is 0 Å². The van der Waals surface area contributed by atoms with Crippen molar-refractivity contribution in [1.82, 2.24) is 0 Å². The first-order valence-corrected chi connectivity index (χ1v) is 5.80. The van der Waals surface area contributed by atoms with Crippen molar-refractivity contribution >= 4 is 10.0 Å². The summed E-state index contributed by atoms with van der Waals surface area (Å²) in [6, 6.07) is 0. The molecule has 3 nitrogen and oxygen atoms in total. The molecule has 0 aromatic carbocycles. The Morgan fingerprint density at radius 1 is 1.46 bits per heavy atom. The predicted molar refractivity (Wildman–Crippen MR) is 53.3 cm³/mol. The lowest BCUT2D eigenvalue weighted by molar-refractivity contribution is 0.604. The molecule has 13 heavy (non-hydrogen) atoms. The highest BCUT2D eigenvalue weighted by Gasteiger charge is 2.21. The molecule has 1 aliphatic carbocycles. The van der Waals surface area contributed by atoms with E-state index in [4.69, 9.17) is 5.14 Å². The van der Waals surface area contributed by atoms with Crippen LogP contribution in [0.3, 0.4) is 0 Å². The molecule has 0 saturated carbocycles. The van der Waals surface area contributed by atoms with Crippen molar-refractivity contribution in [3.8, 4) is 0 Å². The topological polar surface area (TPSA) is 60.2 Å². The quantitative estimate of drug-likeness (QED) is 0.736. The van der Waals surface area contributed by atoms with E-state index in [1.54, 1.807) is 6.08 Å². The largest absolute Gasteiger partial charge is 0.238 e. The van der Waals surface area contributed by atoms with Crippen LogP contribution in [0.15, 0.2) is 22.1 Å². The fourth-order valence-corrected chi connectivity index (χ4v) is 2.31. The summed E-state index contributed by atoms with van der Waals surface area (Å²) in [6.07, 6.45) is 2.44. The van der Waals surface area contributed by atoms with Crippen LogP contribution in [-0.2, 0) is 10.0 Å². The lowest BCUT2D eigenvalue weighted by atomic mass is 10.0. The minimum absolute atomic E-state index is 0.302. The first-order chi connectivity index (χ1) is 5.82. The maximum atomic E-state index is 11.1. The first-order valence-electron chi connectivity index (χ1n) is 4.25. The zero-order chi connectivity index (χ0) is 10.2.